The Bertz CT molecular complexity index is 1340. The van der Waals surface area contributed by atoms with Crippen LogP contribution in [0.3, 0.4) is 0 Å². The van der Waals surface area contributed by atoms with Crippen molar-refractivity contribution < 1.29 is 22.9 Å². The van der Waals surface area contributed by atoms with Crippen molar-refractivity contribution in [1.29, 1.82) is 0 Å². The van der Waals surface area contributed by atoms with Crippen LogP contribution < -0.4 is 9.46 Å². The highest BCUT2D eigenvalue weighted by Gasteiger charge is 2.20. The fourth-order valence-electron chi connectivity index (χ4n) is 3.26. The molecular formula is C25H25N3O6S. The third kappa shape index (κ3) is 6.45. The number of hydrogen-bond acceptors (Lipinski definition) is 6. The molecule has 0 spiro atoms. The number of aryl methyl sites for hydroxylation is 1. The number of nitro groups is 1. The molecule has 0 saturated heterocycles. The normalized spacial score (nSPS) is 10.9. The fraction of sp³-hybridized carbons (Fsp3) is 0.160. The van der Waals surface area contributed by atoms with Gasteiger partial charge in [0, 0.05) is 36.5 Å². The van der Waals surface area contributed by atoms with Crippen molar-refractivity contribution in [3.63, 3.8) is 0 Å². The summed E-state index contributed by atoms with van der Waals surface area (Å²) in [7, 11) is -2.38. The van der Waals surface area contributed by atoms with E-state index in [1.54, 1.807) is 18.0 Å². The van der Waals surface area contributed by atoms with Crippen molar-refractivity contribution in [2.24, 2.45) is 0 Å². The van der Waals surface area contributed by atoms with Gasteiger partial charge in [-0.25, -0.2) is 8.42 Å². The lowest BCUT2D eigenvalue weighted by atomic mass is 10.1. The van der Waals surface area contributed by atoms with Gasteiger partial charge in [-0.3, -0.25) is 19.6 Å². The monoisotopic (exact) mass is 495 g/mol. The maximum Gasteiger partial charge on any atom is 0.273 e. The number of nitrogens with one attached hydrogen (secondary N) is 1. The second kappa shape index (κ2) is 10.8. The van der Waals surface area contributed by atoms with Crippen molar-refractivity contribution in [3.8, 4) is 5.75 Å². The van der Waals surface area contributed by atoms with Crippen LogP contribution in [0.5, 0.6) is 5.75 Å². The first-order chi connectivity index (χ1) is 16.6. The molecule has 0 bridgehead atoms. The number of ether oxygens (including phenoxy) is 1. The van der Waals surface area contributed by atoms with Crippen molar-refractivity contribution >= 4 is 27.3 Å². The zero-order valence-corrected chi connectivity index (χ0v) is 20.1. The van der Waals surface area contributed by atoms with Crippen LogP contribution in [0.25, 0.3) is 0 Å². The summed E-state index contributed by atoms with van der Waals surface area (Å²) in [4.78, 5) is 24.6. The highest BCUT2D eigenvalue weighted by atomic mass is 32.2. The Morgan fingerprint density at radius 2 is 1.77 bits per heavy atom. The Kier molecular flexibility index (Phi) is 7.87. The van der Waals surface area contributed by atoms with E-state index < -0.39 is 14.9 Å². The Labute approximate surface area is 203 Å². The van der Waals surface area contributed by atoms with E-state index in [4.69, 9.17) is 4.74 Å². The molecule has 0 unspecified atom stereocenters. The average molecular weight is 496 g/mol. The lowest BCUT2D eigenvalue weighted by Crippen LogP contribution is -2.26. The Morgan fingerprint density at radius 1 is 1.11 bits per heavy atom. The van der Waals surface area contributed by atoms with Crippen molar-refractivity contribution in [3.05, 3.63) is 106 Å². The number of benzene rings is 3. The molecule has 0 fully saturated rings. The van der Waals surface area contributed by atoms with Crippen molar-refractivity contribution in [1.82, 2.24) is 4.90 Å². The number of rotatable bonds is 10. The van der Waals surface area contributed by atoms with E-state index >= 15 is 0 Å². The third-order valence-corrected chi connectivity index (χ3v) is 6.51. The summed E-state index contributed by atoms with van der Waals surface area (Å²) in [5.74, 6) is 0.474. The minimum absolute atomic E-state index is 0.225. The summed E-state index contributed by atoms with van der Waals surface area (Å²) in [5.41, 5.74) is 1.60. The summed E-state index contributed by atoms with van der Waals surface area (Å²) in [6.45, 7) is 5.92. The first kappa shape index (κ1) is 25.4. The zero-order valence-electron chi connectivity index (χ0n) is 19.3. The van der Waals surface area contributed by atoms with Gasteiger partial charge in [0.25, 0.3) is 21.6 Å². The molecule has 3 aromatic carbocycles. The number of anilines is 1. The number of nitro benzene ring substituents is 1. The quantitative estimate of drug-likeness (QED) is 0.251. The van der Waals surface area contributed by atoms with Crippen LogP contribution in [0.4, 0.5) is 11.4 Å². The Balaban J connectivity index is 1.66. The van der Waals surface area contributed by atoms with Gasteiger partial charge in [-0.15, -0.1) is 0 Å². The summed E-state index contributed by atoms with van der Waals surface area (Å²) < 4.78 is 33.2. The van der Waals surface area contributed by atoms with Crippen molar-refractivity contribution in [2.75, 3.05) is 18.4 Å². The van der Waals surface area contributed by atoms with E-state index in [2.05, 4.69) is 11.3 Å². The molecule has 182 valence electrons. The molecule has 3 aromatic rings. The van der Waals surface area contributed by atoms with Gasteiger partial charge < -0.3 is 9.64 Å². The molecule has 0 saturated carbocycles. The first-order valence-electron chi connectivity index (χ1n) is 10.6. The average Bonchev–Trinajstić information content (AvgIpc) is 2.83. The van der Waals surface area contributed by atoms with Gasteiger partial charge in [0.05, 0.1) is 9.82 Å². The van der Waals surface area contributed by atoms with Crippen LogP contribution in [0.1, 0.15) is 21.5 Å². The van der Waals surface area contributed by atoms with E-state index in [0.29, 0.717) is 30.0 Å². The molecule has 0 aliphatic carbocycles. The maximum absolute atomic E-state index is 12.8. The zero-order chi connectivity index (χ0) is 25.6. The predicted molar refractivity (Wildman–Crippen MR) is 133 cm³/mol. The molecule has 0 aromatic heterocycles. The predicted octanol–water partition coefficient (Wildman–Crippen LogP) is 4.54. The number of nitrogens with zero attached hydrogens (tertiary/aromatic N) is 2. The highest BCUT2D eigenvalue weighted by molar-refractivity contribution is 7.92. The van der Waals surface area contributed by atoms with Gasteiger partial charge in [0.1, 0.15) is 12.4 Å². The molecule has 0 atom stereocenters. The highest BCUT2D eigenvalue weighted by Crippen LogP contribution is 2.24. The standard InChI is InChI=1S/C25H25N3O6S/c1-4-15-34-22-12-6-19(7-13-22)17-27(3)25(29)20-8-10-21(11-9-20)26-35(32,33)23-14-5-18(2)24(16-23)28(30)31/h4-14,16,26H,1,15,17H2,2-3H3. The number of amides is 1. The number of carbonyl (C=O) groups is 1. The maximum atomic E-state index is 12.8. The summed E-state index contributed by atoms with van der Waals surface area (Å²) in [6, 6.07) is 17.0. The first-order valence-corrected chi connectivity index (χ1v) is 12.0. The van der Waals surface area contributed by atoms with E-state index in [1.165, 1.54) is 43.3 Å². The Morgan fingerprint density at radius 3 is 2.37 bits per heavy atom. The largest absolute Gasteiger partial charge is 0.490 e. The lowest BCUT2D eigenvalue weighted by molar-refractivity contribution is -0.385. The topological polar surface area (TPSA) is 119 Å². The summed E-state index contributed by atoms with van der Waals surface area (Å²) in [6.07, 6.45) is 1.66. The third-order valence-electron chi connectivity index (χ3n) is 5.13. The van der Waals surface area contributed by atoms with E-state index in [1.807, 2.05) is 24.3 Å². The van der Waals surface area contributed by atoms with Gasteiger partial charge in [-0.05, 0) is 55.0 Å². The molecule has 0 heterocycles. The molecular weight excluding hydrogens is 470 g/mol. The van der Waals surface area contributed by atoms with Crippen LogP contribution in [0.15, 0.2) is 84.3 Å². The van der Waals surface area contributed by atoms with Gasteiger partial charge >= 0.3 is 0 Å². The number of hydrogen-bond donors (Lipinski definition) is 1. The van der Waals surface area contributed by atoms with E-state index in [-0.39, 0.29) is 22.2 Å². The molecule has 1 N–H and O–H groups in total. The fourth-order valence-corrected chi connectivity index (χ4v) is 4.34. The number of carbonyl (C=O) groups excluding carboxylic acids is 1. The minimum atomic E-state index is -4.05. The second-order valence-electron chi connectivity index (χ2n) is 7.79. The molecule has 3 rings (SSSR count). The van der Waals surface area contributed by atoms with Crippen LogP contribution in [-0.4, -0.2) is 37.8 Å². The van der Waals surface area contributed by atoms with Crippen LogP contribution >= 0.6 is 0 Å². The molecule has 0 aliphatic rings. The van der Waals surface area contributed by atoms with Crippen LogP contribution in [0, 0.1) is 17.0 Å². The molecule has 1 amide bonds. The SMILES string of the molecule is C=CCOc1ccc(CN(C)C(=O)c2ccc(NS(=O)(=O)c3ccc(C)c([N+](=O)[O-])c3)cc2)cc1. The van der Waals surface area contributed by atoms with Gasteiger partial charge in [0.15, 0.2) is 0 Å². The second-order valence-corrected chi connectivity index (χ2v) is 9.48. The minimum Gasteiger partial charge on any atom is -0.490 e. The van der Waals surface area contributed by atoms with E-state index in [9.17, 15) is 23.3 Å². The van der Waals surface area contributed by atoms with Gasteiger partial charge in [0.2, 0.25) is 0 Å². The molecule has 9 nitrogen and oxygen atoms in total. The van der Waals surface area contributed by atoms with Gasteiger partial charge in [-0.1, -0.05) is 30.9 Å². The van der Waals surface area contributed by atoms with Crippen LogP contribution in [-0.2, 0) is 16.6 Å². The molecule has 10 heteroatoms. The molecule has 0 aliphatic heterocycles. The van der Waals surface area contributed by atoms with Gasteiger partial charge in [-0.2, -0.15) is 0 Å². The smallest absolute Gasteiger partial charge is 0.273 e. The Hall–Kier alpha value is -4.18. The van der Waals surface area contributed by atoms with Crippen molar-refractivity contribution in [2.45, 2.75) is 18.4 Å². The van der Waals surface area contributed by atoms with Crippen LogP contribution in [0.2, 0.25) is 0 Å². The molecule has 0 radical (unpaired) electrons. The van der Waals surface area contributed by atoms with E-state index in [0.717, 1.165) is 11.6 Å². The lowest BCUT2D eigenvalue weighted by Gasteiger charge is -2.18. The number of sulfonamides is 1. The summed E-state index contributed by atoms with van der Waals surface area (Å²) in [5, 5.41) is 11.1. The summed E-state index contributed by atoms with van der Waals surface area (Å²) >= 11 is 0. The molecule has 35 heavy (non-hydrogen) atoms.